The molecule has 0 spiro atoms. The Morgan fingerprint density at radius 1 is 0.897 bits per heavy atom. The van der Waals surface area contributed by atoms with E-state index in [2.05, 4.69) is 42.2 Å². The highest BCUT2D eigenvalue weighted by molar-refractivity contribution is 5.85. The lowest BCUT2D eigenvalue weighted by molar-refractivity contribution is 0.122. The average Bonchev–Trinajstić information content (AvgIpc) is 3.00. The predicted molar refractivity (Wildman–Crippen MR) is 153 cm³/mol. The van der Waals surface area contributed by atoms with Crippen LogP contribution in [0, 0.1) is 0 Å². The van der Waals surface area contributed by atoms with Gasteiger partial charge in [-0.05, 0) is 69.8 Å². The van der Waals surface area contributed by atoms with Gasteiger partial charge in [0.25, 0.3) is 0 Å². The number of morpholine rings is 1. The number of aromatic nitrogens is 3. The van der Waals surface area contributed by atoms with Crippen LogP contribution in [0.5, 0.6) is 11.5 Å². The molecule has 0 unspecified atom stereocenters. The highest BCUT2D eigenvalue weighted by atomic mass is 16.5. The molecule has 1 saturated carbocycles. The second-order valence-corrected chi connectivity index (χ2v) is 10.8. The highest BCUT2D eigenvalue weighted by Crippen LogP contribution is 2.33. The molecule has 3 aromatic rings. The van der Waals surface area contributed by atoms with Gasteiger partial charge in [0.05, 0.1) is 31.0 Å². The van der Waals surface area contributed by atoms with Crippen molar-refractivity contribution >= 4 is 22.5 Å². The summed E-state index contributed by atoms with van der Waals surface area (Å²) < 4.78 is 18.0. The Hall–Kier alpha value is -3.17. The van der Waals surface area contributed by atoms with Gasteiger partial charge in [-0.2, -0.15) is 0 Å². The fraction of sp³-hybridized carbons (Fsp3) is 0.567. The minimum atomic E-state index is 0.164. The zero-order valence-corrected chi connectivity index (χ0v) is 22.8. The van der Waals surface area contributed by atoms with Crippen LogP contribution in [-0.4, -0.2) is 84.5 Å². The SMILES string of the molecule is c1cnc2c(OC3CCC(Nc4ccc(OCCN5CCCCC5)cn4)CC3)cc(N3CCOCC3)cc2n1. The van der Waals surface area contributed by atoms with Gasteiger partial charge in [0.1, 0.15) is 29.4 Å². The number of pyridine rings is 1. The van der Waals surface area contributed by atoms with Crippen LogP contribution in [0.4, 0.5) is 11.5 Å². The summed E-state index contributed by atoms with van der Waals surface area (Å²) in [4.78, 5) is 18.6. The Morgan fingerprint density at radius 3 is 2.51 bits per heavy atom. The van der Waals surface area contributed by atoms with E-state index < -0.39 is 0 Å². The Balaban J connectivity index is 0.996. The number of nitrogens with one attached hydrogen (secondary N) is 1. The molecule has 0 amide bonds. The van der Waals surface area contributed by atoms with Crippen molar-refractivity contribution in [3.05, 3.63) is 42.9 Å². The van der Waals surface area contributed by atoms with Gasteiger partial charge in [0.2, 0.25) is 0 Å². The van der Waals surface area contributed by atoms with E-state index in [4.69, 9.17) is 14.2 Å². The summed E-state index contributed by atoms with van der Waals surface area (Å²) in [7, 11) is 0. The molecule has 1 N–H and O–H groups in total. The van der Waals surface area contributed by atoms with Gasteiger partial charge in [0.15, 0.2) is 0 Å². The number of hydrogen-bond acceptors (Lipinski definition) is 9. The monoisotopic (exact) mass is 532 g/mol. The van der Waals surface area contributed by atoms with E-state index in [1.54, 1.807) is 12.4 Å². The second kappa shape index (κ2) is 12.8. The molecule has 9 heteroatoms. The second-order valence-electron chi connectivity index (χ2n) is 10.8. The molecule has 208 valence electrons. The number of fused-ring (bicyclic) bond motifs is 1. The van der Waals surface area contributed by atoms with Crippen molar-refractivity contribution in [3.63, 3.8) is 0 Å². The lowest BCUT2D eigenvalue weighted by Gasteiger charge is -2.31. The zero-order valence-electron chi connectivity index (χ0n) is 22.8. The fourth-order valence-electron chi connectivity index (χ4n) is 5.86. The molecule has 9 nitrogen and oxygen atoms in total. The third-order valence-electron chi connectivity index (χ3n) is 8.08. The summed E-state index contributed by atoms with van der Waals surface area (Å²) in [5, 5.41) is 3.61. The number of benzene rings is 1. The van der Waals surface area contributed by atoms with Gasteiger partial charge < -0.3 is 24.4 Å². The maximum Gasteiger partial charge on any atom is 0.149 e. The molecular formula is C30H40N6O3. The maximum atomic E-state index is 6.57. The molecular weight excluding hydrogens is 492 g/mol. The van der Waals surface area contributed by atoms with Crippen molar-refractivity contribution < 1.29 is 14.2 Å². The third kappa shape index (κ3) is 6.89. The number of rotatable bonds is 9. The molecule has 0 radical (unpaired) electrons. The fourth-order valence-corrected chi connectivity index (χ4v) is 5.86. The van der Waals surface area contributed by atoms with Crippen molar-refractivity contribution in [1.82, 2.24) is 19.9 Å². The Bertz CT molecular complexity index is 1190. The van der Waals surface area contributed by atoms with Crippen LogP contribution in [0.2, 0.25) is 0 Å². The Kier molecular flexibility index (Phi) is 8.55. The summed E-state index contributed by atoms with van der Waals surface area (Å²) >= 11 is 0. The largest absolute Gasteiger partial charge is 0.491 e. The minimum absolute atomic E-state index is 0.164. The molecule has 2 aromatic heterocycles. The first kappa shape index (κ1) is 26.1. The molecule has 0 atom stereocenters. The van der Waals surface area contributed by atoms with Crippen LogP contribution in [-0.2, 0) is 4.74 Å². The number of nitrogens with zero attached hydrogens (tertiary/aromatic N) is 5. The Morgan fingerprint density at radius 2 is 1.72 bits per heavy atom. The van der Waals surface area contributed by atoms with Gasteiger partial charge in [-0.25, -0.2) is 9.97 Å². The van der Waals surface area contributed by atoms with E-state index in [0.717, 1.165) is 92.6 Å². The quantitative estimate of drug-likeness (QED) is 0.427. The van der Waals surface area contributed by atoms with E-state index in [1.807, 2.05) is 18.3 Å². The van der Waals surface area contributed by atoms with Crippen molar-refractivity contribution in [2.24, 2.45) is 0 Å². The van der Waals surface area contributed by atoms with Gasteiger partial charge >= 0.3 is 0 Å². The summed E-state index contributed by atoms with van der Waals surface area (Å²) in [6, 6.07) is 8.68. The molecule has 3 aliphatic rings. The summed E-state index contributed by atoms with van der Waals surface area (Å²) in [6.45, 7) is 7.35. The first-order valence-corrected chi connectivity index (χ1v) is 14.6. The molecule has 2 saturated heterocycles. The van der Waals surface area contributed by atoms with Gasteiger partial charge in [0, 0.05) is 49.8 Å². The van der Waals surface area contributed by atoms with Crippen molar-refractivity contribution in [2.75, 3.05) is 62.8 Å². The van der Waals surface area contributed by atoms with Crippen LogP contribution in [0.3, 0.4) is 0 Å². The number of piperidine rings is 1. The molecule has 2 aliphatic heterocycles. The highest BCUT2D eigenvalue weighted by Gasteiger charge is 2.24. The van der Waals surface area contributed by atoms with Crippen LogP contribution in [0.15, 0.2) is 42.9 Å². The number of ether oxygens (including phenoxy) is 3. The summed E-state index contributed by atoms with van der Waals surface area (Å²) in [5.74, 6) is 2.57. The lowest BCUT2D eigenvalue weighted by Crippen LogP contribution is -2.36. The first-order valence-electron chi connectivity index (χ1n) is 14.6. The normalized spacial score (nSPS) is 22.5. The summed E-state index contributed by atoms with van der Waals surface area (Å²) in [6.07, 6.45) is 13.5. The lowest BCUT2D eigenvalue weighted by atomic mass is 9.93. The molecule has 3 fully saturated rings. The van der Waals surface area contributed by atoms with E-state index >= 15 is 0 Å². The third-order valence-corrected chi connectivity index (χ3v) is 8.08. The van der Waals surface area contributed by atoms with Crippen LogP contribution in [0.25, 0.3) is 11.0 Å². The molecule has 4 heterocycles. The van der Waals surface area contributed by atoms with Crippen molar-refractivity contribution in [3.8, 4) is 11.5 Å². The maximum absolute atomic E-state index is 6.57. The van der Waals surface area contributed by atoms with Crippen molar-refractivity contribution in [2.45, 2.75) is 57.1 Å². The van der Waals surface area contributed by atoms with E-state index in [-0.39, 0.29) is 6.10 Å². The van der Waals surface area contributed by atoms with Gasteiger partial charge in [-0.15, -0.1) is 0 Å². The van der Waals surface area contributed by atoms with E-state index in [9.17, 15) is 0 Å². The van der Waals surface area contributed by atoms with E-state index in [0.29, 0.717) is 12.6 Å². The predicted octanol–water partition coefficient (Wildman–Crippen LogP) is 4.53. The zero-order chi connectivity index (χ0) is 26.3. The number of anilines is 2. The van der Waals surface area contributed by atoms with Crippen LogP contribution in [0.1, 0.15) is 44.9 Å². The van der Waals surface area contributed by atoms with Crippen LogP contribution >= 0.6 is 0 Å². The molecule has 6 rings (SSSR count). The van der Waals surface area contributed by atoms with Gasteiger partial charge in [-0.1, -0.05) is 6.42 Å². The molecule has 1 aliphatic carbocycles. The van der Waals surface area contributed by atoms with Gasteiger partial charge in [-0.3, -0.25) is 9.88 Å². The first-order chi connectivity index (χ1) is 19.3. The molecule has 0 bridgehead atoms. The van der Waals surface area contributed by atoms with Crippen molar-refractivity contribution in [1.29, 1.82) is 0 Å². The smallest absolute Gasteiger partial charge is 0.149 e. The molecule has 39 heavy (non-hydrogen) atoms. The summed E-state index contributed by atoms with van der Waals surface area (Å²) in [5.41, 5.74) is 2.83. The number of likely N-dealkylation sites (tertiary alicyclic amines) is 1. The number of hydrogen-bond donors (Lipinski definition) is 1. The van der Waals surface area contributed by atoms with Crippen LogP contribution < -0.4 is 19.7 Å². The topological polar surface area (TPSA) is 84.9 Å². The Labute approximate surface area is 230 Å². The minimum Gasteiger partial charge on any atom is -0.491 e. The average molecular weight is 533 g/mol. The molecule has 1 aromatic carbocycles. The standard InChI is InChI=1S/C30H40N6O3/c1-2-12-35(13-3-1)14-19-38-26-8-9-29(33-22-26)34-23-4-6-25(7-5-23)39-28-21-24(36-15-17-37-18-16-36)20-27-30(28)32-11-10-31-27/h8-11,20-23,25H,1-7,12-19H2,(H,33,34). The van der Waals surface area contributed by atoms with E-state index in [1.165, 1.54) is 32.4 Å².